The molecule has 2 atom stereocenters. The molecule has 130 valence electrons. The summed E-state index contributed by atoms with van der Waals surface area (Å²) in [5.74, 6) is 1.44. The maximum absolute atomic E-state index is 12.9. The van der Waals surface area contributed by atoms with Gasteiger partial charge >= 0.3 is 6.03 Å². The molecule has 3 rings (SSSR count). The van der Waals surface area contributed by atoms with Crippen molar-refractivity contribution in [2.24, 2.45) is 5.92 Å². The van der Waals surface area contributed by atoms with Crippen molar-refractivity contribution in [3.8, 4) is 0 Å². The number of hydrogen-bond acceptors (Lipinski definition) is 3. The summed E-state index contributed by atoms with van der Waals surface area (Å²) in [6.07, 6.45) is 3.61. The normalized spacial score (nSPS) is 21.1. The van der Waals surface area contributed by atoms with Crippen LogP contribution in [0.4, 0.5) is 10.5 Å². The highest BCUT2D eigenvalue weighted by atomic mass is 16.3. The zero-order valence-corrected chi connectivity index (χ0v) is 14.9. The van der Waals surface area contributed by atoms with Gasteiger partial charge in [-0.2, -0.15) is 5.10 Å². The van der Waals surface area contributed by atoms with Gasteiger partial charge in [-0.1, -0.05) is 6.92 Å². The van der Waals surface area contributed by atoms with Gasteiger partial charge in [-0.3, -0.25) is 4.68 Å². The van der Waals surface area contributed by atoms with Gasteiger partial charge in [0.1, 0.15) is 5.76 Å². The molecule has 0 unspecified atom stereocenters. The fraction of sp³-hybridized carbons (Fsp3) is 0.556. The van der Waals surface area contributed by atoms with Crippen LogP contribution in [0.15, 0.2) is 22.8 Å². The first-order valence-electron chi connectivity index (χ1n) is 8.66. The summed E-state index contributed by atoms with van der Waals surface area (Å²) in [7, 11) is 0. The first kappa shape index (κ1) is 16.6. The van der Waals surface area contributed by atoms with Crippen molar-refractivity contribution >= 4 is 11.7 Å². The molecule has 2 amide bonds. The summed E-state index contributed by atoms with van der Waals surface area (Å²) >= 11 is 0. The van der Waals surface area contributed by atoms with Crippen LogP contribution in [0, 0.1) is 19.8 Å². The fourth-order valence-electron chi connectivity index (χ4n) is 3.50. The van der Waals surface area contributed by atoms with Gasteiger partial charge in [0.25, 0.3) is 0 Å². The van der Waals surface area contributed by atoms with Crippen molar-refractivity contribution in [1.29, 1.82) is 0 Å². The Morgan fingerprint density at radius 3 is 2.88 bits per heavy atom. The number of aryl methyl sites for hydroxylation is 2. The number of nitrogens with zero attached hydrogens (tertiary/aromatic N) is 3. The summed E-state index contributed by atoms with van der Waals surface area (Å²) in [4.78, 5) is 14.8. The van der Waals surface area contributed by atoms with E-state index in [1.165, 1.54) is 0 Å². The quantitative estimate of drug-likeness (QED) is 0.921. The third-order valence-electron chi connectivity index (χ3n) is 4.91. The molecule has 2 aromatic rings. The Kier molecular flexibility index (Phi) is 4.64. The Labute approximate surface area is 142 Å². The summed E-state index contributed by atoms with van der Waals surface area (Å²) < 4.78 is 7.49. The van der Waals surface area contributed by atoms with Crippen LogP contribution in [0.5, 0.6) is 0 Å². The van der Waals surface area contributed by atoms with Crippen molar-refractivity contribution in [2.45, 2.75) is 53.1 Å². The van der Waals surface area contributed by atoms with E-state index < -0.39 is 0 Å². The number of nitrogens with one attached hydrogen (secondary N) is 1. The Bertz CT molecular complexity index is 705. The SMILES string of the molecule is CCn1nc(C)c(NC(=O)N2CC[C@H](C)C[C@H]2c2ccco2)c1C. The highest BCUT2D eigenvalue weighted by Gasteiger charge is 2.33. The highest BCUT2D eigenvalue weighted by molar-refractivity contribution is 5.91. The average Bonchev–Trinajstić information content (AvgIpc) is 3.18. The molecule has 1 saturated heterocycles. The molecular weight excluding hydrogens is 304 g/mol. The molecule has 0 radical (unpaired) electrons. The second kappa shape index (κ2) is 6.71. The van der Waals surface area contributed by atoms with Crippen molar-refractivity contribution in [3.63, 3.8) is 0 Å². The molecule has 0 saturated carbocycles. The smallest absolute Gasteiger partial charge is 0.322 e. The number of carbonyl (C=O) groups excluding carboxylic acids is 1. The molecule has 0 bridgehead atoms. The minimum Gasteiger partial charge on any atom is -0.467 e. The van der Waals surface area contributed by atoms with E-state index in [9.17, 15) is 4.79 Å². The molecule has 1 aliphatic rings. The number of rotatable bonds is 3. The van der Waals surface area contributed by atoms with E-state index in [1.54, 1.807) is 6.26 Å². The lowest BCUT2D eigenvalue weighted by Crippen LogP contribution is -2.43. The van der Waals surface area contributed by atoms with Crippen LogP contribution in [-0.2, 0) is 6.54 Å². The molecule has 6 heteroatoms. The summed E-state index contributed by atoms with van der Waals surface area (Å²) in [6, 6.07) is 3.74. The van der Waals surface area contributed by atoms with Gasteiger partial charge < -0.3 is 14.6 Å². The summed E-state index contributed by atoms with van der Waals surface area (Å²) in [6.45, 7) is 9.71. The fourth-order valence-corrected chi connectivity index (χ4v) is 3.50. The van der Waals surface area contributed by atoms with Gasteiger partial charge in [-0.25, -0.2) is 4.79 Å². The standard InChI is InChI=1S/C18H26N4O2/c1-5-22-14(4)17(13(3)20-22)19-18(23)21-9-8-12(2)11-15(21)16-7-6-10-24-16/h6-7,10,12,15H,5,8-9,11H2,1-4H3,(H,19,23)/t12-,15-/m0/s1. The van der Waals surface area contributed by atoms with Crippen molar-refractivity contribution < 1.29 is 9.21 Å². The summed E-state index contributed by atoms with van der Waals surface area (Å²) in [5, 5.41) is 7.54. The third-order valence-corrected chi connectivity index (χ3v) is 4.91. The molecule has 0 spiro atoms. The largest absolute Gasteiger partial charge is 0.467 e. The van der Waals surface area contributed by atoms with Gasteiger partial charge in [0.15, 0.2) is 0 Å². The van der Waals surface area contributed by atoms with Crippen LogP contribution >= 0.6 is 0 Å². The van der Waals surface area contributed by atoms with Crippen LogP contribution in [0.2, 0.25) is 0 Å². The van der Waals surface area contributed by atoms with E-state index in [4.69, 9.17) is 4.42 Å². The molecule has 6 nitrogen and oxygen atoms in total. The van der Waals surface area contributed by atoms with E-state index in [0.29, 0.717) is 5.92 Å². The van der Waals surface area contributed by atoms with Gasteiger partial charge in [-0.05, 0) is 51.7 Å². The van der Waals surface area contributed by atoms with E-state index in [-0.39, 0.29) is 12.1 Å². The van der Waals surface area contributed by atoms with Crippen molar-refractivity contribution in [3.05, 3.63) is 35.5 Å². The summed E-state index contributed by atoms with van der Waals surface area (Å²) in [5.41, 5.74) is 2.66. The van der Waals surface area contributed by atoms with Gasteiger partial charge in [0.2, 0.25) is 0 Å². The first-order valence-corrected chi connectivity index (χ1v) is 8.66. The molecule has 2 aromatic heterocycles. The zero-order chi connectivity index (χ0) is 17.3. The second-order valence-electron chi connectivity index (χ2n) is 6.65. The Hall–Kier alpha value is -2.24. The maximum Gasteiger partial charge on any atom is 0.322 e. The van der Waals surface area contributed by atoms with Crippen LogP contribution in [-0.4, -0.2) is 27.3 Å². The Morgan fingerprint density at radius 2 is 2.25 bits per heavy atom. The molecule has 0 aromatic carbocycles. The first-order chi connectivity index (χ1) is 11.5. The molecule has 0 aliphatic carbocycles. The molecule has 3 heterocycles. The molecule has 1 aliphatic heterocycles. The van der Waals surface area contributed by atoms with Crippen LogP contribution in [0.25, 0.3) is 0 Å². The highest BCUT2D eigenvalue weighted by Crippen LogP contribution is 2.35. The maximum atomic E-state index is 12.9. The third kappa shape index (κ3) is 3.05. The lowest BCUT2D eigenvalue weighted by atomic mass is 9.91. The number of likely N-dealkylation sites (tertiary alicyclic amines) is 1. The molecule has 1 N–H and O–H groups in total. The molecular formula is C18H26N4O2. The van der Waals surface area contributed by atoms with Crippen LogP contribution in [0.3, 0.4) is 0 Å². The van der Waals surface area contributed by atoms with E-state index in [0.717, 1.165) is 48.8 Å². The average molecular weight is 330 g/mol. The number of amides is 2. The van der Waals surface area contributed by atoms with Gasteiger partial charge in [0, 0.05) is 13.1 Å². The minimum atomic E-state index is -0.0786. The van der Waals surface area contributed by atoms with Gasteiger partial charge in [0.05, 0.1) is 29.4 Å². The molecule has 24 heavy (non-hydrogen) atoms. The predicted molar refractivity (Wildman–Crippen MR) is 92.9 cm³/mol. The number of hydrogen-bond donors (Lipinski definition) is 1. The monoisotopic (exact) mass is 330 g/mol. The molecule has 1 fully saturated rings. The van der Waals surface area contributed by atoms with Crippen molar-refractivity contribution in [2.75, 3.05) is 11.9 Å². The number of furan rings is 1. The predicted octanol–water partition coefficient (Wildman–Crippen LogP) is 4.12. The lowest BCUT2D eigenvalue weighted by molar-refractivity contribution is 0.129. The zero-order valence-electron chi connectivity index (χ0n) is 14.9. The Balaban J connectivity index is 1.81. The van der Waals surface area contributed by atoms with E-state index >= 15 is 0 Å². The number of carbonyl (C=O) groups is 1. The number of urea groups is 1. The number of piperidine rings is 1. The van der Waals surface area contributed by atoms with Gasteiger partial charge in [-0.15, -0.1) is 0 Å². The van der Waals surface area contributed by atoms with E-state index in [1.807, 2.05) is 42.5 Å². The van der Waals surface area contributed by atoms with Crippen molar-refractivity contribution in [1.82, 2.24) is 14.7 Å². The van der Waals surface area contributed by atoms with E-state index in [2.05, 4.69) is 17.3 Å². The number of anilines is 1. The van der Waals surface area contributed by atoms with Crippen LogP contribution < -0.4 is 5.32 Å². The van der Waals surface area contributed by atoms with Crippen LogP contribution in [0.1, 0.15) is 49.9 Å². The number of aromatic nitrogens is 2. The second-order valence-corrected chi connectivity index (χ2v) is 6.65. The lowest BCUT2D eigenvalue weighted by Gasteiger charge is -2.37. The topological polar surface area (TPSA) is 63.3 Å². The minimum absolute atomic E-state index is 0.00872. The Morgan fingerprint density at radius 1 is 1.46 bits per heavy atom.